The first kappa shape index (κ1) is 20.4. The highest BCUT2D eigenvalue weighted by atomic mass is 16.5. The third-order valence-corrected chi connectivity index (χ3v) is 5.16. The lowest BCUT2D eigenvalue weighted by Gasteiger charge is -2.26. The molecule has 0 heterocycles. The molecule has 23 heavy (non-hydrogen) atoms. The summed E-state index contributed by atoms with van der Waals surface area (Å²) in [6, 6.07) is 0. The van der Waals surface area contributed by atoms with Gasteiger partial charge in [-0.25, -0.2) is 0 Å². The van der Waals surface area contributed by atoms with Gasteiger partial charge in [0.1, 0.15) is 0 Å². The van der Waals surface area contributed by atoms with Gasteiger partial charge in [0.25, 0.3) is 0 Å². The zero-order chi connectivity index (χ0) is 17.1. The molecule has 0 radical (unpaired) electrons. The van der Waals surface area contributed by atoms with E-state index in [4.69, 9.17) is 4.74 Å². The van der Waals surface area contributed by atoms with Crippen molar-refractivity contribution < 1.29 is 19.7 Å². The molecule has 0 aromatic heterocycles. The monoisotopic (exact) mass is 328 g/mol. The highest BCUT2D eigenvalue weighted by molar-refractivity contribution is 5.69. The second-order valence-electron chi connectivity index (χ2n) is 6.94. The molecule has 2 N–H and O–H groups in total. The van der Waals surface area contributed by atoms with Gasteiger partial charge < -0.3 is 14.9 Å². The Kier molecular flexibility index (Phi) is 10.5. The van der Waals surface area contributed by atoms with E-state index in [1.54, 1.807) is 0 Å². The topological polar surface area (TPSA) is 66.8 Å². The summed E-state index contributed by atoms with van der Waals surface area (Å²) in [5.74, 6) is 0.374. The second-order valence-corrected chi connectivity index (χ2v) is 6.94. The van der Waals surface area contributed by atoms with E-state index in [0.717, 1.165) is 51.4 Å². The van der Waals surface area contributed by atoms with Gasteiger partial charge in [-0.2, -0.15) is 0 Å². The maximum atomic E-state index is 11.3. The van der Waals surface area contributed by atoms with E-state index >= 15 is 0 Å². The molecule has 4 heteroatoms. The van der Waals surface area contributed by atoms with Crippen LogP contribution in [0.4, 0.5) is 0 Å². The first-order valence-electron chi connectivity index (χ1n) is 9.61. The lowest BCUT2D eigenvalue weighted by Crippen LogP contribution is -2.28. The van der Waals surface area contributed by atoms with Crippen molar-refractivity contribution in [2.45, 2.75) is 96.7 Å². The van der Waals surface area contributed by atoms with Crippen LogP contribution in [0.15, 0.2) is 0 Å². The number of rotatable bonds is 12. The predicted octanol–water partition coefficient (Wildman–Crippen LogP) is 3.83. The molecule has 0 aromatic rings. The van der Waals surface area contributed by atoms with Crippen LogP contribution in [0, 0.1) is 11.8 Å². The first-order valence-corrected chi connectivity index (χ1v) is 9.61. The van der Waals surface area contributed by atoms with Crippen molar-refractivity contribution in [1.82, 2.24) is 0 Å². The molecule has 4 unspecified atom stereocenters. The highest BCUT2D eigenvalue weighted by Gasteiger charge is 2.38. The molecule has 1 fully saturated rings. The van der Waals surface area contributed by atoms with Gasteiger partial charge in [0, 0.05) is 6.42 Å². The smallest absolute Gasteiger partial charge is 0.305 e. The van der Waals surface area contributed by atoms with E-state index in [1.807, 2.05) is 6.92 Å². The number of ether oxygens (including phenoxy) is 1. The lowest BCUT2D eigenvalue weighted by molar-refractivity contribution is -0.143. The number of unbranched alkanes of at least 4 members (excludes halogenated alkanes) is 4. The summed E-state index contributed by atoms with van der Waals surface area (Å²) in [6.45, 7) is 4.45. The fraction of sp³-hybridized carbons (Fsp3) is 0.947. The molecule has 136 valence electrons. The minimum Gasteiger partial charge on any atom is -0.466 e. The molecule has 0 saturated heterocycles. The summed E-state index contributed by atoms with van der Waals surface area (Å²) in [5.41, 5.74) is 0. The molecule has 1 rings (SSSR count). The van der Waals surface area contributed by atoms with Gasteiger partial charge in [0.15, 0.2) is 0 Å². The second kappa shape index (κ2) is 11.9. The first-order chi connectivity index (χ1) is 11.1. The Morgan fingerprint density at radius 2 is 1.91 bits per heavy atom. The Labute approximate surface area is 141 Å². The van der Waals surface area contributed by atoms with Gasteiger partial charge in [0.2, 0.25) is 0 Å². The van der Waals surface area contributed by atoms with Gasteiger partial charge in [-0.3, -0.25) is 4.79 Å². The van der Waals surface area contributed by atoms with E-state index in [9.17, 15) is 15.0 Å². The van der Waals surface area contributed by atoms with Gasteiger partial charge in [-0.05, 0) is 50.9 Å². The van der Waals surface area contributed by atoms with Crippen LogP contribution in [0.3, 0.4) is 0 Å². The summed E-state index contributed by atoms with van der Waals surface area (Å²) in [5, 5.41) is 20.6. The molecular formula is C19H36O4. The van der Waals surface area contributed by atoms with Crippen molar-refractivity contribution in [1.29, 1.82) is 0 Å². The van der Waals surface area contributed by atoms with Gasteiger partial charge >= 0.3 is 5.97 Å². The molecule has 4 atom stereocenters. The van der Waals surface area contributed by atoms with E-state index in [1.165, 1.54) is 12.8 Å². The van der Waals surface area contributed by atoms with Crippen molar-refractivity contribution in [3.8, 4) is 0 Å². The molecule has 0 aliphatic heterocycles. The van der Waals surface area contributed by atoms with E-state index < -0.39 is 0 Å². The van der Waals surface area contributed by atoms with E-state index in [-0.39, 0.29) is 30.0 Å². The molecule has 0 aromatic carbocycles. The zero-order valence-electron chi connectivity index (χ0n) is 15.0. The Bertz CT molecular complexity index is 318. The third-order valence-electron chi connectivity index (χ3n) is 5.16. The summed E-state index contributed by atoms with van der Waals surface area (Å²) in [7, 11) is 0. The third kappa shape index (κ3) is 7.67. The van der Waals surface area contributed by atoms with Crippen molar-refractivity contribution in [2.24, 2.45) is 11.8 Å². The number of hydrogen-bond acceptors (Lipinski definition) is 4. The van der Waals surface area contributed by atoms with Crippen molar-refractivity contribution in [2.75, 3.05) is 6.61 Å². The standard InChI is InChI=1S/C19H36O4/c1-3-5-7-11-17(20)16-13-14-18(21)15(16)10-8-6-9-12-19(22)23-4-2/h15-18,20-21H,3-14H2,1-2H3. The molecule has 4 nitrogen and oxygen atoms in total. The van der Waals surface area contributed by atoms with Crippen LogP contribution in [-0.2, 0) is 9.53 Å². The van der Waals surface area contributed by atoms with Crippen LogP contribution in [-0.4, -0.2) is 35.0 Å². The minimum atomic E-state index is -0.261. The lowest BCUT2D eigenvalue weighted by atomic mass is 9.84. The molecule has 0 amide bonds. The summed E-state index contributed by atoms with van der Waals surface area (Å²) in [6.07, 6.45) is 9.84. The molecule has 0 bridgehead atoms. The number of hydrogen-bond donors (Lipinski definition) is 2. The number of carbonyl (C=O) groups is 1. The summed E-state index contributed by atoms with van der Waals surface area (Å²) >= 11 is 0. The fourth-order valence-corrected chi connectivity index (χ4v) is 3.84. The van der Waals surface area contributed by atoms with Crippen LogP contribution in [0.1, 0.15) is 84.5 Å². The number of aliphatic hydroxyl groups is 2. The summed E-state index contributed by atoms with van der Waals surface area (Å²) < 4.78 is 4.92. The van der Waals surface area contributed by atoms with E-state index in [2.05, 4.69) is 6.92 Å². The quantitative estimate of drug-likeness (QED) is 0.422. The van der Waals surface area contributed by atoms with Crippen LogP contribution in [0.25, 0.3) is 0 Å². The predicted molar refractivity (Wildman–Crippen MR) is 92.1 cm³/mol. The molecule has 1 aliphatic rings. The van der Waals surface area contributed by atoms with Gasteiger partial charge in [-0.1, -0.05) is 39.0 Å². The van der Waals surface area contributed by atoms with Crippen molar-refractivity contribution in [3.63, 3.8) is 0 Å². The van der Waals surface area contributed by atoms with Gasteiger partial charge in [-0.15, -0.1) is 0 Å². The Balaban J connectivity index is 2.25. The molecule has 0 spiro atoms. The Morgan fingerprint density at radius 1 is 1.13 bits per heavy atom. The maximum absolute atomic E-state index is 11.3. The van der Waals surface area contributed by atoms with Crippen molar-refractivity contribution in [3.05, 3.63) is 0 Å². The molecule has 1 aliphatic carbocycles. The molecular weight excluding hydrogens is 292 g/mol. The average molecular weight is 328 g/mol. The highest BCUT2D eigenvalue weighted by Crippen LogP contribution is 2.39. The largest absolute Gasteiger partial charge is 0.466 e. The minimum absolute atomic E-state index is 0.113. The van der Waals surface area contributed by atoms with Crippen molar-refractivity contribution >= 4 is 5.97 Å². The number of esters is 1. The van der Waals surface area contributed by atoms with Gasteiger partial charge in [0.05, 0.1) is 18.8 Å². The zero-order valence-corrected chi connectivity index (χ0v) is 15.0. The number of carbonyl (C=O) groups excluding carboxylic acids is 1. The van der Waals surface area contributed by atoms with Crippen LogP contribution >= 0.6 is 0 Å². The SMILES string of the molecule is CCCCCC(O)C1CCC(O)C1CCCCCC(=O)OCC. The number of aliphatic hydroxyl groups excluding tert-OH is 2. The maximum Gasteiger partial charge on any atom is 0.305 e. The van der Waals surface area contributed by atoms with E-state index in [0.29, 0.717) is 13.0 Å². The van der Waals surface area contributed by atoms with Crippen LogP contribution in [0.2, 0.25) is 0 Å². The summed E-state index contributed by atoms with van der Waals surface area (Å²) in [4.78, 5) is 11.3. The Hall–Kier alpha value is -0.610. The van der Waals surface area contributed by atoms with Crippen LogP contribution in [0.5, 0.6) is 0 Å². The molecule has 1 saturated carbocycles. The Morgan fingerprint density at radius 3 is 2.61 bits per heavy atom. The average Bonchev–Trinajstić information content (AvgIpc) is 2.88. The fourth-order valence-electron chi connectivity index (χ4n) is 3.84. The normalized spacial score (nSPS) is 25.5. The van der Waals surface area contributed by atoms with Crippen LogP contribution < -0.4 is 0 Å².